The van der Waals surface area contributed by atoms with Crippen LogP contribution < -0.4 is 5.73 Å². The number of primary amides is 1. The van der Waals surface area contributed by atoms with Gasteiger partial charge >= 0.3 is 12.3 Å². The van der Waals surface area contributed by atoms with E-state index in [1.807, 2.05) is 0 Å². The summed E-state index contributed by atoms with van der Waals surface area (Å²) in [4.78, 5) is 25.0. The first kappa shape index (κ1) is 17.0. The number of hydrogen-bond acceptors (Lipinski definition) is 4. The molecule has 124 valence electrons. The number of aliphatic imine (C=N–C) groups is 1. The number of carbonyl (C=O) groups excluding carboxylic acids is 2. The predicted molar refractivity (Wildman–Crippen MR) is 74.4 cm³/mol. The van der Waals surface area contributed by atoms with Crippen molar-refractivity contribution >= 4 is 12.2 Å². The zero-order chi connectivity index (χ0) is 17.0. The number of amides is 1. The fourth-order valence-electron chi connectivity index (χ4n) is 2.88. The number of rotatable bonds is 3. The Labute approximate surface area is 130 Å². The van der Waals surface area contributed by atoms with Crippen LogP contribution in [0.25, 0.3) is 0 Å². The molecule has 23 heavy (non-hydrogen) atoms. The molecule has 1 aliphatic rings. The van der Waals surface area contributed by atoms with Gasteiger partial charge in [0.2, 0.25) is 6.08 Å². The number of hydrogen-bond donors (Lipinski definition) is 1. The Morgan fingerprint density at radius 2 is 2.09 bits per heavy atom. The van der Waals surface area contributed by atoms with Crippen LogP contribution >= 0.6 is 0 Å². The fraction of sp³-hybridized carbons (Fsp3) is 0.467. The molecule has 1 aromatic rings. The molecule has 0 bridgehead atoms. The molecule has 0 unspecified atom stereocenters. The standard InChI is InChI=1S/C15H15F3N2O3/c16-15(17,18)11-3-1-2-9(6-11)10-4-5-13(23-14(19)22)12(7-10)20-8-21/h1-3,6,10,12-13H,4-5,7H2,(H2,19,22)/t10-,12-,13-/m0/s1. The molecule has 2 N–H and O–H groups in total. The second-order valence-corrected chi connectivity index (χ2v) is 5.40. The number of benzene rings is 1. The lowest BCUT2D eigenvalue weighted by Crippen LogP contribution is -2.37. The van der Waals surface area contributed by atoms with Crippen LogP contribution in [0.5, 0.6) is 0 Å². The van der Waals surface area contributed by atoms with Crippen molar-refractivity contribution in [1.29, 1.82) is 0 Å². The third-order valence-corrected chi connectivity index (χ3v) is 3.93. The molecule has 0 saturated heterocycles. The Hall–Kier alpha value is -2.34. The van der Waals surface area contributed by atoms with Crippen LogP contribution in [0.15, 0.2) is 29.3 Å². The van der Waals surface area contributed by atoms with E-state index in [0.29, 0.717) is 18.4 Å². The molecule has 0 radical (unpaired) electrons. The van der Waals surface area contributed by atoms with Gasteiger partial charge in [0, 0.05) is 0 Å². The maximum Gasteiger partial charge on any atom is 0.416 e. The molecule has 2 rings (SSSR count). The number of carbonyl (C=O) groups is 1. The largest absolute Gasteiger partial charge is 0.444 e. The third kappa shape index (κ3) is 4.32. The summed E-state index contributed by atoms with van der Waals surface area (Å²) in [6.07, 6.45) is -3.48. The number of halogens is 3. The topological polar surface area (TPSA) is 81.8 Å². The zero-order valence-electron chi connectivity index (χ0n) is 12.0. The van der Waals surface area contributed by atoms with Gasteiger partial charge in [-0.2, -0.15) is 18.2 Å². The predicted octanol–water partition coefficient (Wildman–Crippen LogP) is 3.14. The first-order chi connectivity index (χ1) is 10.8. The maximum atomic E-state index is 12.8. The monoisotopic (exact) mass is 328 g/mol. The van der Waals surface area contributed by atoms with E-state index in [2.05, 4.69) is 4.99 Å². The third-order valence-electron chi connectivity index (χ3n) is 3.93. The molecule has 1 aromatic carbocycles. The lowest BCUT2D eigenvalue weighted by Gasteiger charge is -2.32. The van der Waals surface area contributed by atoms with Gasteiger partial charge in [0.1, 0.15) is 12.1 Å². The Morgan fingerprint density at radius 1 is 1.35 bits per heavy atom. The minimum absolute atomic E-state index is 0.216. The molecule has 8 heteroatoms. The van der Waals surface area contributed by atoms with E-state index in [0.717, 1.165) is 12.1 Å². The lowest BCUT2D eigenvalue weighted by molar-refractivity contribution is -0.137. The van der Waals surface area contributed by atoms with Gasteiger partial charge in [0.25, 0.3) is 0 Å². The SMILES string of the molecule is NC(=O)O[C@H]1CC[C@H](c2cccc(C(F)(F)F)c2)C[C@@H]1N=C=O. The zero-order valence-corrected chi connectivity index (χ0v) is 12.0. The van der Waals surface area contributed by atoms with E-state index in [1.54, 1.807) is 6.07 Å². The van der Waals surface area contributed by atoms with Gasteiger partial charge in [-0.15, -0.1) is 0 Å². The molecule has 1 saturated carbocycles. The van der Waals surface area contributed by atoms with Gasteiger partial charge in [-0.3, -0.25) is 0 Å². The quantitative estimate of drug-likeness (QED) is 0.683. The summed E-state index contributed by atoms with van der Waals surface area (Å²) in [5.74, 6) is -0.216. The average Bonchev–Trinajstić information content (AvgIpc) is 2.48. The van der Waals surface area contributed by atoms with Gasteiger partial charge in [0.05, 0.1) is 5.56 Å². The first-order valence-electron chi connectivity index (χ1n) is 7.01. The van der Waals surface area contributed by atoms with Gasteiger partial charge in [-0.25, -0.2) is 9.59 Å². The Kier molecular flexibility index (Phi) is 5.05. The van der Waals surface area contributed by atoms with Crippen LogP contribution in [0, 0.1) is 0 Å². The molecule has 0 heterocycles. The maximum absolute atomic E-state index is 12.8. The summed E-state index contributed by atoms with van der Waals surface area (Å²) in [6, 6.07) is 4.40. The summed E-state index contributed by atoms with van der Waals surface area (Å²) in [6.45, 7) is 0. The minimum Gasteiger partial charge on any atom is -0.444 e. The van der Waals surface area contributed by atoms with Crippen molar-refractivity contribution in [2.75, 3.05) is 0 Å². The number of nitrogens with zero attached hydrogens (tertiary/aromatic N) is 1. The minimum atomic E-state index is -4.41. The number of isocyanates is 1. The second kappa shape index (κ2) is 6.83. The van der Waals surface area contributed by atoms with E-state index in [4.69, 9.17) is 10.5 Å². The van der Waals surface area contributed by atoms with Crippen LogP contribution in [0.4, 0.5) is 18.0 Å². The Morgan fingerprint density at radius 3 is 2.70 bits per heavy atom. The highest BCUT2D eigenvalue weighted by Gasteiger charge is 2.35. The van der Waals surface area contributed by atoms with Crippen LogP contribution in [0.3, 0.4) is 0 Å². The molecular formula is C15H15F3N2O3. The van der Waals surface area contributed by atoms with Crippen molar-refractivity contribution in [2.45, 2.75) is 43.5 Å². The van der Waals surface area contributed by atoms with E-state index < -0.39 is 30.0 Å². The average molecular weight is 328 g/mol. The Balaban J connectivity index is 2.19. The second-order valence-electron chi connectivity index (χ2n) is 5.40. The van der Waals surface area contributed by atoms with Gasteiger partial charge in [-0.1, -0.05) is 18.2 Å². The molecular weight excluding hydrogens is 313 g/mol. The van der Waals surface area contributed by atoms with Crippen LogP contribution in [0.2, 0.25) is 0 Å². The molecule has 0 aromatic heterocycles. The van der Waals surface area contributed by atoms with Crippen LogP contribution in [-0.4, -0.2) is 24.3 Å². The highest BCUT2D eigenvalue weighted by Crippen LogP contribution is 2.38. The van der Waals surface area contributed by atoms with Crippen molar-refractivity contribution < 1.29 is 27.5 Å². The highest BCUT2D eigenvalue weighted by atomic mass is 19.4. The highest BCUT2D eigenvalue weighted by molar-refractivity contribution is 5.65. The molecule has 0 aliphatic heterocycles. The molecule has 5 nitrogen and oxygen atoms in total. The van der Waals surface area contributed by atoms with Crippen molar-refractivity contribution in [3.05, 3.63) is 35.4 Å². The first-order valence-corrected chi connectivity index (χ1v) is 7.01. The molecule has 1 amide bonds. The number of alkyl halides is 3. The van der Waals surface area contributed by atoms with Crippen molar-refractivity contribution in [3.8, 4) is 0 Å². The van der Waals surface area contributed by atoms with Gasteiger partial charge in [-0.05, 0) is 36.8 Å². The smallest absolute Gasteiger partial charge is 0.416 e. The normalized spacial score (nSPS) is 24.6. The Bertz CT molecular complexity index is 627. The summed E-state index contributed by atoms with van der Waals surface area (Å²) in [5.41, 5.74) is 4.76. The van der Waals surface area contributed by atoms with Crippen LogP contribution in [-0.2, 0) is 15.7 Å². The van der Waals surface area contributed by atoms with E-state index >= 15 is 0 Å². The van der Waals surface area contributed by atoms with E-state index in [1.165, 1.54) is 12.1 Å². The lowest BCUT2D eigenvalue weighted by atomic mass is 9.79. The molecule has 0 spiro atoms. The fourth-order valence-corrected chi connectivity index (χ4v) is 2.88. The summed E-state index contributed by atoms with van der Waals surface area (Å²) in [5, 5.41) is 0. The molecule has 1 fully saturated rings. The van der Waals surface area contributed by atoms with E-state index in [9.17, 15) is 22.8 Å². The van der Waals surface area contributed by atoms with Gasteiger partial charge < -0.3 is 10.5 Å². The summed E-state index contributed by atoms with van der Waals surface area (Å²) in [7, 11) is 0. The van der Waals surface area contributed by atoms with Crippen molar-refractivity contribution in [2.24, 2.45) is 10.7 Å². The van der Waals surface area contributed by atoms with Crippen molar-refractivity contribution in [1.82, 2.24) is 0 Å². The summed E-state index contributed by atoms with van der Waals surface area (Å²) >= 11 is 0. The van der Waals surface area contributed by atoms with Crippen LogP contribution in [0.1, 0.15) is 36.3 Å². The number of ether oxygens (including phenoxy) is 1. The van der Waals surface area contributed by atoms with Gasteiger partial charge in [0.15, 0.2) is 0 Å². The molecule has 3 atom stereocenters. The molecule has 1 aliphatic carbocycles. The van der Waals surface area contributed by atoms with E-state index in [-0.39, 0.29) is 12.3 Å². The van der Waals surface area contributed by atoms with Crippen molar-refractivity contribution in [3.63, 3.8) is 0 Å². The summed E-state index contributed by atoms with van der Waals surface area (Å²) < 4.78 is 43.3. The number of nitrogens with two attached hydrogens (primary N) is 1.